The first-order chi connectivity index (χ1) is 12.5. The molecule has 2 amide bonds. The van der Waals surface area contributed by atoms with Crippen molar-refractivity contribution in [3.63, 3.8) is 0 Å². The predicted molar refractivity (Wildman–Crippen MR) is 102 cm³/mol. The number of hydrazine groups is 1. The number of carbonyl (C=O) groups is 2. The van der Waals surface area contributed by atoms with E-state index in [0.29, 0.717) is 10.6 Å². The van der Waals surface area contributed by atoms with Gasteiger partial charge in [0.25, 0.3) is 11.8 Å². The van der Waals surface area contributed by atoms with Gasteiger partial charge in [-0.25, -0.2) is 4.98 Å². The summed E-state index contributed by atoms with van der Waals surface area (Å²) in [6.07, 6.45) is 1.49. The molecule has 26 heavy (non-hydrogen) atoms. The quantitative estimate of drug-likeness (QED) is 0.658. The fourth-order valence-corrected chi connectivity index (χ4v) is 3.74. The van der Waals surface area contributed by atoms with Gasteiger partial charge in [-0.15, -0.1) is 22.7 Å². The van der Waals surface area contributed by atoms with Gasteiger partial charge in [0.2, 0.25) is 0 Å². The van der Waals surface area contributed by atoms with Gasteiger partial charge in [0, 0.05) is 0 Å². The van der Waals surface area contributed by atoms with E-state index in [0.717, 1.165) is 21.0 Å². The van der Waals surface area contributed by atoms with Crippen LogP contribution in [0.4, 0.5) is 0 Å². The van der Waals surface area contributed by atoms with E-state index in [1.54, 1.807) is 11.3 Å². The highest BCUT2D eigenvalue weighted by Gasteiger charge is 2.13. The van der Waals surface area contributed by atoms with E-state index in [1.807, 2.05) is 49.6 Å². The number of nitrogens with one attached hydrogen (secondary N) is 2. The number of thiophene rings is 1. The van der Waals surface area contributed by atoms with Crippen LogP contribution in [-0.4, -0.2) is 23.4 Å². The number of aromatic nitrogens is 1. The van der Waals surface area contributed by atoms with Crippen LogP contribution in [-0.2, 0) is 4.79 Å². The Morgan fingerprint density at radius 3 is 2.81 bits per heavy atom. The van der Waals surface area contributed by atoms with Crippen molar-refractivity contribution in [1.29, 1.82) is 0 Å². The topological polar surface area (TPSA) is 80.3 Å². The molecule has 3 aromatic rings. The number of rotatable bonds is 5. The monoisotopic (exact) mass is 387 g/mol. The van der Waals surface area contributed by atoms with E-state index < -0.39 is 11.8 Å². The molecule has 0 spiro atoms. The molecule has 0 aliphatic carbocycles. The third-order valence-electron chi connectivity index (χ3n) is 3.48. The molecule has 0 unspecified atom stereocenters. The van der Waals surface area contributed by atoms with Gasteiger partial charge in [0.15, 0.2) is 6.61 Å². The summed E-state index contributed by atoms with van der Waals surface area (Å²) in [7, 11) is 0. The van der Waals surface area contributed by atoms with Gasteiger partial charge in [0.1, 0.15) is 15.6 Å². The molecule has 0 saturated heterocycles. The van der Waals surface area contributed by atoms with Crippen LogP contribution in [0.3, 0.4) is 0 Å². The number of amides is 2. The minimum absolute atomic E-state index is 0.187. The molecule has 0 atom stereocenters. The van der Waals surface area contributed by atoms with Crippen LogP contribution in [0.15, 0.2) is 41.9 Å². The summed E-state index contributed by atoms with van der Waals surface area (Å²) >= 11 is 2.82. The SMILES string of the molecule is Cc1ccc(C)c(OCC(=O)NNC(=O)c2cnc(-c3cccs3)s2)c1. The summed E-state index contributed by atoms with van der Waals surface area (Å²) in [6.45, 7) is 3.67. The van der Waals surface area contributed by atoms with Crippen LogP contribution in [0.25, 0.3) is 9.88 Å². The van der Waals surface area contributed by atoms with Crippen LogP contribution in [0.1, 0.15) is 20.8 Å². The molecule has 0 bridgehead atoms. The minimum atomic E-state index is -0.442. The molecular formula is C18H17N3O3S2. The minimum Gasteiger partial charge on any atom is -0.483 e. The van der Waals surface area contributed by atoms with E-state index in [9.17, 15) is 9.59 Å². The molecule has 8 heteroatoms. The highest BCUT2D eigenvalue weighted by molar-refractivity contribution is 7.21. The third-order valence-corrected chi connectivity index (χ3v) is 5.51. The molecule has 0 aliphatic heterocycles. The lowest BCUT2D eigenvalue weighted by Gasteiger charge is -2.10. The number of aryl methyl sites for hydroxylation is 2. The number of benzene rings is 1. The number of thiazole rings is 1. The number of carbonyl (C=O) groups excluding carboxylic acids is 2. The number of hydrogen-bond donors (Lipinski definition) is 2. The van der Waals surface area contributed by atoms with Gasteiger partial charge in [-0.2, -0.15) is 0 Å². The normalized spacial score (nSPS) is 10.4. The van der Waals surface area contributed by atoms with Crippen LogP contribution >= 0.6 is 22.7 Å². The molecule has 0 saturated carbocycles. The van der Waals surface area contributed by atoms with E-state index in [-0.39, 0.29) is 6.61 Å². The first kappa shape index (κ1) is 18.1. The number of nitrogens with zero attached hydrogens (tertiary/aromatic N) is 1. The van der Waals surface area contributed by atoms with Crippen molar-refractivity contribution in [3.8, 4) is 15.6 Å². The second kappa shape index (κ2) is 8.11. The first-order valence-corrected chi connectivity index (χ1v) is 9.51. The fourth-order valence-electron chi connectivity index (χ4n) is 2.12. The summed E-state index contributed by atoms with van der Waals surface area (Å²) in [5.74, 6) is -0.206. The lowest BCUT2D eigenvalue weighted by atomic mass is 10.1. The average Bonchev–Trinajstić information content (AvgIpc) is 3.31. The van der Waals surface area contributed by atoms with Crippen molar-refractivity contribution in [3.05, 3.63) is 57.9 Å². The highest BCUT2D eigenvalue weighted by atomic mass is 32.1. The smallest absolute Gasteiger partial charge is 0.281 e. The van der Waals surface area contributed by atoms with Gasteiger partial charge in [-0.05, 0) is 42.5 Å². The van der Waals surface area contributed by atoms with Crippen LogP contribution in [0, 0.1) is 13.8 Å². The molecule has 1 aromatic carbocycles. The van der Waals surface area contributed by atoms with Gasteiger partial charge < -0.3 is 4.74 Å². The molecule has 2 N–H and O–H groups in total. The Morgan fingerprint density at radius 1 is 1.19 bits per heavy atom. The first-order valence-electron chi connectivity index (χ1n) is 7.82. The molecule has 3 rings (SSSR count). The summed E-state index contributed by atoms with van der Waals surface area (Å²) < 4.78 is 5.50. The molecule has 0 aliphatic rings. The lowest BCUT2D eigenvalue weighted by molar-refractivity contribution is -0.123. The average molecular weight is 387 g/mol. The Balaban J connectivity index is 1.50. The Hall–Kier alpha value is -2.71. The van der Waals surface area contributed by atoms with Crippen molar-refractivity contribution in [2.75, 3.05) is 6.61 Å². The summed E-state index contributed by atoms with van der Waals surface area (Å²) in [5, 5.41) is 2.72. The predicted octanol–water partition coefficient (Wildman–Crippen LogP) is 3.33. The maximum absolute atomic E-state index is 12.1. The van der Waals surface area contributed by atoms with E-state index in [4.69, 9.17) is 4.74 Å². The largest absolute Gasteiger partial charge is 0.483 e. The fraction of sp³-hybridized carbons (Fsp3) is 0.167. The van der Waals surface area contributed by atoms with E-state index in [2.05, 4.69) is 15.8 Å². The number of hydrogen-bond acceptors (Lipinski definition) is 6. The third kappa shape index (κ3) is 4.47. The molecule has 2 heterocycles. The standard InChI is InChI=1S/C18H17N3O3S2/c1-11-5-6-12(2)13(8-11)24-10-16(22)20-21-17(23)15-9-19-18(26-15)14-4-3-7-25-14/h3-9H,10H2,1-2H3,(H,20,22)(H,21,23). The van der Waals surface area contributed by atoms with Crippen molar-refractivity contribution >= 4 is 34.5 Å². The molecule has 6 nitrogen and oxygen atoms in total. The zero-order valence-electron chi connectivity index (χ0n) is 14.2. The summed E-state index contributed by atoms with van der Waals surface area (Å²) in [4.78, 5) is 29.6. The van der Waals surface area contributed by atoms with Crippen LogP contribution < -0.4 is 15.6 Å². The van der Waals surface area contributed by atoms with Gasteiger partial charge in [-0.1, -0.05) is 18.2 Å². The second-order valence-corrected chi connectivity index (χ2v) is 7.55. The summed E-state index contributed by atoms with van der Waals surface area (Å²) in [5.41, 5.74) is 6.71. The van der Waals surface area contributed by atoms with Gasteiger partial charge in [0.05, 0.1) is 11.1 Å². The zero-order valence-corrected chi connectivity index (χ0v) is 15.9. The highest BCUT2D eigenvalue weighted by Crippen LogP contribution is 2.28. The molecule has 2 aromatic heterocycles. The van der Waals surface area contributed by atoms with Crippen LogP contribution in [0.5, 0.6) is 5.75 Å². The Labute approximate surface area is 158 Å². The van der Waals surface area contributed by atoms with Crippen molar-refractivity contribution in [1.82, 2.24) is 15.8 Å². The maximum Gasteiger partial charge on any atom is 0.281 e. The van der Waals surface area contributed by atoms with Crippen molar-refractivity contribution in [2.24, 2.45) is 0 Å². The van der Waals surface area contributed by atoms with Gasteiger partial charge in [-0.3, -0.25) is 20.4 Å². The summed E-state index contributed by atoms with van der Waals surface area (Å²) in [6, 6.07) is 9.64. The van der Waals surface area contributed by atoms with E-state index >= 15 is 0 Å². The lowest BCUT2D eigenvalue weighted by Crippen LogP contribution is -2.43. The molecule has 0 radical (unpaired) electrons. The Bertz CT molecular complexity index is 920. The van der Waals surface area contributed by atoms with Crippen molar-refractivity contribution in [2.45, 2.75) is 13.8 Å². The van der Waals surface area contributed by atoms with Crippen LogP contribution in [0.2, 0.25) is 0 Å². The molecular weight excluding hydrogens is 370 g/mol. The van der Waals surface area contributed by atoms with E-state index in [1.165, 1.54) is 17.5 Å². The maximum atomic E-state index is 12.1. The molecule has 134 valence electrons. The number of ether oxygens (including phenoxy) is 1. The van der Waals surface area contributed by atoms with Gasteiger partial charge >= 0.3 is 0 Å². The van der Waals surface area contributed by atoms with Crippen molar-refractivity contribution < 1.29 is 14.3 Å². The Kier molecular flexibility index (Phi) is 5.65. The second-order valence-electron chi connectivity index (χ2n) is 5.57. The Morgan fingerprint density at radius 2 is 2.04 bits per heavy atom. The zero-order chi connectivity index (χ0) is 18.5. The molecule has 0 fully saturated rings.